The van der Waals surface area contributed by atoms with Gasteiger partial charge in [-0.15, -0.1) is 0 Å². The fraction of sp³-hybridized carbons (Fsp3) is 0.208. The van der Waals surface area contributed by atoms with Gasteiger partial charge in [0.2, 0.25) is 21.7 Å². The van der Waals surface area contributed by atoms with E-state index in [2.05, 4.69) is 5.32 Å². The summed E-state index contributed by atoms with van der Waals surface area (Å²) in [6, 6.07) is 12.9. The molecule has 1 saturated carbocycles. The van der Waals surface area contributed by atoms with E-state index in [0.717, 1.165) is 4.31 Å². The lowest BCUT2D eigenvalue weighted by Gasteiger charge is -2.23. The van der Waals surface area contributed by atoms with Gasteiger partial charge >= 0.3 is 0 Å². The van der Waals surface area contributed by atoms with Gasteiger partial charge in [-0.25, -0.2) is 30.4 Å². The quantitative estimate of drug-likeness (QED) is 0.264. The SMILES string of the molecule is CC(=O)Nc1ccccc1-c1ccc(CN(C2CC2)S(=O)(=O)c2c(F)c(F)c(F)c(F)c2F)cc1. The molecule has 35 heavy (non-hydrogen) atoms. The highest BCUT2D eigenvalue weighted by molar-refractivity contribution is 7.89. The van der Waals surface area contributed by atoms with E-state index in [1.807, 2.05) is 0 Å². The van der Waals surface area contributed by atoms with Gasteiger partial charge in [0.25, 0.3) is 0 Å². The zero-order valence-corrected chi connectivity index (χ0v) is 19.1. The molecule has 0 aliphatic heterocycles. The van der Waals surface area contributed by atoms with Crippen molar-refractivity contribution in [3.8, 4) is 11.1 Å². The van der Waals surface area contributed by atoms with E-state index in [1.165, 1.54) is 6.92 Å². The van der Waals surface area contributed by atoms with E-state index in [-0.39, 0.29) is 12.5 Å². The number of halogens is 5. The monoisotopic (exact) mass is 510 g/mol. The maximum atomic E-state index is 14.3. The first kappa shape index (κ1) is 24.8. The molecule has 0 unspecified atom stereocenters. The Morgan fingerprint density at radius 1 is 0.886 bits per heavy atom. The Hall–Kier alpha value is -3.31. The van der Waals surface area contributed by atoms with Gasteiger partial charge in [0.15, 0.2) is 28.2 Å². The Labute approximate surface area is 198 Å². The Morgan fingerprint density at radius 2 is 1.43 bits per heavy atom. The van der Waals surface area contributed by atoms with E-state index in [9.17, 15) is 35.2 Å². The van der Waals surface area contributed by atoms with Crippen LogP contribution in [0.15, 0.2) is 53.4 Å². The number of anilines is 1. The lowest BCUT2D eigenvalue weighted by atomic mass is 10.0. The van der Waals surface area contributed by atoms with Crippen molar-refractivity contribution >= 4 is 21.6 Å². The molecular weight excluding hydrogens is 491 g/mol. The lowest BCUT2D eigenvalue weighted by Crippen LogP contribution is -2.34. The molecule has 3 aromatic rings. The molecule has 1 aliphatic rings. The fourth-order valence-electron chi connectivity index (χ4n) is 3.70. The smallest absolute Gasteiger partial charge is 0.249 e. The third-order valence-electron chi connectivity index (χ3n) is 5.53. The molecule has 0 heterocycles. The van der Waals surface area contributed by atoms with E-state index in [4.69, 9.17) is 0 Å². The standard InChI is InChI=1S/C24H19F5N2O3S/c1-13(32)30-18-5-3-2-4-17(18)15-8-6-14(7-9-15)12-31(16-10-11-16)35(33,34)24-22(28)20(26)19(25)21(27)23(24)29/h2-9,16H,10-12H2,1H3,(H,30,32). The number of amides is 1. The van der Waals surface area contributed by atoms with Crippen molar-refractivity contribution in [2.75, 3.05) is 5.32 Å². The fourth-order valence-corrected chi connectivity index (χ4v) is 5.49. The van der Waals surface area contributed by atoms with Crippen LogP contribution in [0.4, 0.5) is 27.6 Å². The molecule has 0 spiro atoms. The van der Waals surface area contributed by atoms with Gasteiger partial charge in [-0.2, -0.15) is 4.31 Å². The van der Waals surface area contributed by atoms with Crippen LogP contribution in [-0.2, 0) is 21.4 Å². The number of hydrogen-bond donors (Lipinski definition) is 1. The van der Waals surface area contributed by atoms with Crippen molar-refractivity contribution in [2.24, 2.45) is 0 Å². The van der Waals surface area contributed by atoms with Gasteiger partial charge in [-0.1, -0.05) is 42.5 Å². The lowest BCUT2D eigenvalue weighted by molar-refractivity contribution is -0.114. The second-order valence-corrected chi connectivity index (χ2v) is 9.93. The number of benzene rings is 3. The molecule has 0 atom stereocenters. The van der Waals surface area contributed by atoms with Crippen LogP contribution in [0.25, 0.3) is 11.1 Å². The third-order valence-corrected chi connectivity index (χ3v) is 7.45. The first-order valence-corrected chi connectivity index (χ1v) is 12.0. The highest BCUT2D eigenvalue weighted by atomic mass is 32.2. The number of carbonyl (C=O) groups excluding carboxylic acids is 1. The van der Waals surface area contributed by atoms with Crippen molar-refractivity contribution in [3.63, 3.8) is 0 Å². The number of para-hydroxylation sites is 1. The topological polar surface area (TPSA) is 66.5 Å². The largest absolute Gasteiger partial charge is 0.326 e. The molecule has 1 N–H and O–H groups in total. The molecule has 5 nitrogen and oxygen atoms in total. The number of hydrogen-bond acceptors (Lipinski definition) is 3. The Balaban J connectivity index is 1.67. The predicted molar refractivity (Wildman–Crippen MR) is 118 cm³/mol. The summed E-state index contributed by atoms with van der Waals surface area (Å²) in [5.74, 6) is -12.1. The van der Waals surface area contributed by atoms with Crippen molar-refractivity contribution in [3.05, 3.63) is 83.2 Å². The summed E-state index contributed by atoms with van der Waals surface area (Å²) in [5, 5.41) is 2.72. The maximum absolute atomic E-state index is 14.3. The first-order chi connectivity index (χ1) is 16.5. The van der Waals surface area contributed by atoms with Crippen LogP contribution in [0.5, 0.6) is 0 Å². The van der Waals surface area contributed by atoms with Gasteiger partial charge in [0, 0.05) is 30.8 Å². The van der Waals surface area contributed by atoms with Crippen LogP contribution < -0.4 is 5.32 Å². The molecule has 0 radical (unpaired) electrons. The average Bonchev–Trinajstić information content (AvgIpc) is 3.65. The van der Waals surface area contributed by atoms with Crippen LogP contribution in [0, 0.1) is 29.1 Å². The summed E-state index contributed by atoms with van der Waals surface area (Å²) in [5.41, 5.74) is 2.42. The van der Waals surface area contributed by atoms with Crippen LogP contribution >= 0.6 is 0 Å². The van der Waals surface area contributed by atoms with Gasteiger partial charge < -0.3 is 5.32 Å². The van der Waals surface area contributed by atoms with E-state index >= 15 is 0 Å². The molecule has 1 aliphatic carbocycles. The van der Waals surface area contributed by atoms with Crippen LogP contribution in [0.2, 0.25) is 0 Å². The summed E-state index contributed by atoms with van der Waals surface area (Å²) in [7, 11) is -5.05. The summed E-state index contributed by atoms with van der Waals surface area (Å²) < 4.78 is 96.3. The van der Waals surface area contributed by atoms with E-state index in [0.29, 0.717) is 35.2 Å². The Kier molecular flexibility index (Phi) is 6.65. The maximum Gasteiger partial charge on any atom is 0.249 e. The minimum Gasteiger partial charge on any atom is -0.326 e. The summed E-state index contributed by atoms with van der Waals surface area (Å²) in [4.78, 5) is 9.61. The Morgan fingerprint density at radius 3 is 1.97 bits per heavy atom. The van der Waals surface area contributed by atoms with Gasteiger partial charge in [0.1, 0.15) is 0 Å². The molecule has 1 fully saturated rings. The minimum atomic E-state index is -5.05. The molecule has 0 bridgehead atoms. The van der Waals surface area contributed by atoms with Crippen molar-refractivity contribution in [1.82, 2.24) is 4.31 Å². The molecule has 184 valence electrons. The number of rotatable bonds is 7. The molecule has 4 rings (SSSR count). The van der Waals surface area contributed by atoms with Gasteiger partial charge in [-0.3, -0.25) is 4.79 Å². The zero-order chi connectivity index (χ0) is 25.5. The highest BCUT2D eigenvalue weighted by Gasteiger charge is 2.43. The summed E-state index contributed by atoms with van der Waals surface area (Å²) in [6.07, 6.45) is 0.771. The molecular formula is C24H19F5N2O3S. The predicted octanol–water partition coefficient (Wildman–Crippen LogP) is 5.36. The van der Waals surface area contributed by atoms with Crippen molar-refractivity contribution < 1.29 is 35.2 Å². The van der Waals surface area contributed by atoms with Crippen molar-refractivity contribution in [1.29, 1.82) is 0 Å². The molecule has 3 aromatic carbocycles. The van der Waals surface area contributed by atoms with Gasteiger partial charge in [-0.05, 0) is 30.0 Å². The second-order valence-electron chi connectivity index (χ2n) is 8.10. The third kappa shape index (κ3) is 4.78. The summed E-state index contributed by atoms with van der Waals surface area (Å²) in [6.45, 7) is 1.04. The average molecular weight is 510 g/mol. The van der Waals surface area contributed by atoms with E-state index < -0.39 is 50.0 Å². The number of carbonyl (C=O) groups is 1. The van der Waals surface area contributed by atoms with Crippen LogP contribution in [-0.4, -0.2) is 24.7 Å². The normalized spacial score (nSPS) is 13.8. The Bertz CT molecular complexity index is 1380. The number of nitrogens with one attached hydrogen (secondary N) is 1. The van der Waals surface area contributed by atoms with Crippen LogP contribution in [0.3, 0.4) is 0 Å². The summed E-state index contributed by atoms with van der Waals surface area (Å²) >= 11 is 0. The number of sulfonamides is 1. The number of nitrogens with zero attached hydrogens (tertiary/aromatic N) is 1. The molecule has 0 saturated heterocycles. The molecule has 0 aromatic heterocycles. The zero-order valence-electron chi connectivity index (χ0n) is 18.3. The second kappa shape index (κ2) is 9.38. The molecule has 11 heteroatoms. The van der Waals surface area contributed by atoms with Crippen molar-refractivity contribution in [2.45, 2.75) is 37.2 Å². The molecule has 1 amide bonds. The highest BCUT2D eigenvalue weighted by Crippen LogP contribution is 2.37. The van der Waals surface area contributed by atoms with E-state index in [1.54, 1.807) is 48.5 Å². The minimum absolute atomic E-state index is 0.257. The first-order valence-electron chi connectivity index (χ1n) is 10.5. The van der Waals surface area contributed by atoms with Gasteiger partial charge in [0.05, 0.1) is 0 Å². The van der Waals surface area contributed by atoms with Crippen LogP contribution in [0.1, 0.15) is 25.3 Å².